The molecule has 0 aliphatic carbocycles. The van der Waals surface area contributed by atoms with Crippen LogP contribution in [0.4, 0.5) is 0 Å². The van der Waals surface area contributed by atoms with Crippen molar-refractivity contribution < 1.29 is 9.53 Å². The van der Waals surface area contributed by atoms with Crippen molar-refractivity contribution in [3.63, 3.8) is 0 Å². The molecule has 142 valence electrons. The van der Waals surface area contributed by atoms with E-state index in [-0.39, 0.29) is 18.5 Å². The molecule has 0 aliphatic heterocycles. The van der Waals surface area contributed by atoms with Gasteiger partial charge in [0.1, 0.15) is 11.4 Å². The number of amides is 1. The number of pyridine rings is 1. The fraction of sp³-hybridized carbons (Fsp3) is 0.143. The second-order valence-corrected chi connectivity index (χ2v) is 7.35. The van der Waals surface area contributed by atoms with Crippen molar-refractivity contribution in [2.24, 2.45) is 5.73 Å². The van der Waals surface area contributed by atoms with Crippen LogP contribution < -0.4 is 15.8 Å². The Kier molecular flexibility index (Phi) is 5.10. The Labute approximate surface area is 166 Å². The van der Waals surface area contributed by atoms with Gasteiger partial charge in [0.2, 0.25) is 0 Å². The molecule has 0 fully saturated rings. The molecule has 0 saturated heterocycles. The summed E-state index contributed by atoms with van der Waals surface area (Å²) in [6.45, 7) is 0.276. The number of ether oxygens (including phenoxy) is 1. The minimum absolute atomic E-state index is 0.156. The molecule has 1 unspecified atom stereocenters. The molecule has 4 aromatic rings. The van der Waals surface area contributed by atoms with Crippen LogP contribution in [0.25, 0.3) is 21.5 Å². The summed E-state index contributed by atoms with van der Waals surface area (Å²) in [4.78, 5) is 21.9. The molecule has 1 atom stereocenters. The smallest absolute Gasteiger partial charge is 0.261 e. The first-order chi connectivity index (χ1) is 13.7. The van der Waals surface area contributed by atoms with E-state index in [1.807, 2.05) is 54.7 Å². The van der Waals surface area contributed by atoms with Crippen LogP contribution in [0, 0.1) is 0 Å². The van der Waals surface area contributed by atoms with Gasteiger partial charge in [-0.2, -0.15) is 0 Å². The molecular weight excluding hydrogens is 372 g/mol. The number of fused-ring (bicyclic) bond motifs is 1. The molecule has 28 heavy (non-hydrogen) atoms. The first-order valence-electron chi connectivity index (χ1n) is 8.87. The van der Waals surface area contributed by atoms with Crippen LogP contribution in [0.3, 0.4) is 0 Å². The van der Waals surface area contributed by atoms with E-state index in [0.29, 0.717) is 10.6 Å². The average Bonchev–Trinajstić information content (AvgIpc) is 3.41. The minimum Gasteiger partial charge on any atom is -0.496 e. The standard InChI is InChI=1S/C21H20N4O2S/c1-27-17-5-3-2-4-15(17)16(12-22)25-21(26)19-7-6-18(28-19)13-8-10-23-20-14(13)9-11-24-20/h2-11,16H,12,22H2,1H3,(H,23,24)(H,25,26). The van der Waals surface area contributed by atoms with Crippen LogP contribution in [0.15, 0.2) is 60.9 Å². The zero-order chi connectivity index (χ0) is 19.5. The third kappa shape index (κ3) is 3.37. The monoisotopic (exact) mass is 392 g/mol. The number of hydrogen-bond donors (Lipinski definition) is 3. The van der Waals surface area contributed by atoms with Gasteiger partial charge in [0, 0.05) is 40.3 Å². The van der Waals surface area contributed by atoms with Crippen LogP contribution >= 0.6 is 11.3 Å². The van der Waals surface area contributed by atoms with Gasteiger partial charge in [-0.1, -0.05) is 18.2 Å². The topological polar surface area (TPSA) is 93.0 Å². The molecule has 4 rings (SSSR count). The van der Waals surface area contributed by atoms with E-state index >= 15 is 0 Å². The zero-order valence-electron chi connectivity index (χ0n) is 15.3. The molecule has 1 amide bonds. The summed E-state index contributed by atoms with van der Waals surface area (Å²) in [6.07, 6.45) is 3.63. The number of rotatable bonds is 6. The molecule has 3 aromatic heterocycles. The summed E-state index contributed by atoms with van der Waals surface area (Å²) in [7, 11) is 1.61. The van der Waals surface area contributed by atoms with Crippen LogP contribution in [0.5, 0.6) is 5.75 Å². The van der Waals surface area contributed by atoms with Crippen molar-refractivity contribution in [2.75, 3.05) is 13.7 Å². The van der Waals surface area contributed by atoms with Gasteiger partial charge < -0.3 is 20.8 Å². The molecular formula is C21H20N4O2S. The number of nitrogens with one attached hydrogen (secondary N) is 2. The summed E-state index contributed by atoms with van der Waals surface area (Å²) in [5.41, 5.74) is 8.67. The fourth-order valence-corrected chi connectivity index (χ4v) is 4.18. The van der Waals surface area contributed by atoms with Crippen molar-refractivity contribution in [1.82, 2.24) is 15.3 Å². The number of para-hydroxylation sites is 1. The van der Waals surface area contributed by atoms with Gasteiger partial charge in [-0.3, -0.25) is 4.79 Å². The number of thiophene rings is 1. The van der Waals surface area contributed by atoms with E-state index in [1.165, 1.54) is 11.3 Å². The van der Waals surface area contributed by atoms with E-state index in [1.54, 1.807) is 13.3 Å². The Balaban J connectivity index is 1.58. The lowest BCUT2D eigenvalue weighted by Crippen LogP contribution is -2.33. The lowest BCUT2D eigenvalue weighted by Gasteiger charge is -2.19. The molecule has 1 aromatic carbocycles. The Morgan fingerprint density at radius 1 is 1.25 bits per heavy atom. The van der Waals surface area contributed by atoms with Crippen LogP contribution in [0.2, 0.25) is 0 Å². The quantitative estimate of drug-likeness (QED) is 0.466. The van der Waals surface area contributed by atoms with Crippen LogP contribution in [-0.2, 0) is 0 Å². The van der Waals surface area contributed by atoms with E-state index in [9.17, 15) is 4.79 Å². The zero-order valence-corrected chi connectivity index (χ0v) is 16.1. The van der Waals surface area contributed by atoms with Crippen molar-refractivity contribution in [3.8, 4) is 16.2 Å². The third-order valence-electron chi connectivity index (χ3n) is 4.61. The second kappa shape index (κ2) is 7.84. The number of aromatic nitrogens is 2. The molecule has 0 aliphatic rings. The van der Waals surface area contributed by atoms with Crippen LogP contribution in [0.1, 0.15) is 21.3 Å². The second-order valence-electron chi connectivity index (χ2n) is 6.27. The van der Waals surface area contributed by atoms with E-state index in [4.69, 9.17) is 10.5 Å². The maximum absolute atomic E-state index is 12.8. The molecule has 3 heterocycles. The van der Waals surface area contributed by atoms with Gasteiger partial charge in [-0.25, -0.2) is 4.98 Å². The molecule has 7 heteroatoms. The largest absolute Gasteiger partial charge is 0.496 e. The first kappa shape index (κ1) is 18.2. The Morgan fingerprint density at radius 3 is 2.93 bits per heavy atom. The highest BCUT2D eigenvalue weighted by Crippen LogP contribution is 2.33. The van der Waals surface area contributed by atoms with Gasteiger partial charge in [0.25, 0.3) is 5.91 Å². The SMILES string of the molecule is COc1ccccc1C(CN)NC(=O)c1ccc(-c2ccnc3[nH]ccc23)s1. The normalized spacial score (nSPS) is 12.1. The Morgan fingerprint density at radius 2 is 2.11 bits per heavy atom. The summed E-state index contributed by atoms with van der Waals surface area (Å²) >= 11 is 1.44. The Hall–Kier alpha value is -3.16. The highest BCUT2D eigenvalue weighted by atomic mass is 32.1. The number of H-pyrrole nitrogens is 1. The van der Waals surface area contributed by atoms with Crippen molar-refractivity contribution in [3.05, 3.63) is 71.4 Å². The summed E-state index contributed by atoms with van der Waals surface area (Å²) in [5.74, 6) is 0.550. The van der Waals surface area contributed by atoms with Crippen molar-refractivity contribution in [1.29, 1.82) is 0 Å². The van der Waals surface area contributed by atoms with E-state index in [2.05, 4.69) is 15.3 Å². The van der Waals surface area contributed by atoms with Gasteiger partial charge in [0.15, 0.2) is 0 Å². The Bertz CT molecular complexity index is 1120. The maximum Gasteiger partial charge on any atom is 0.261 e. The predicted octanol–water partition coefficient (Wildman–Crippen LogP) is 3.73. The van der Waals surface area contributed by atoms with E-state index < -0.39 is 0 Å². The number of methoxy groups -OCH3 is 1. The number of nitrogens with zero attached hydrogens (tertiary/aromatic N) is 1. The van der Waals surface area contributed by atoms with E-state index in [0.717, 1.165) is 27.0 Å². The van der Waals surface area contributed by atoms with Gasteiger partial charge >= 0.3 is 0 Å². The van der Waals surface area contributed by atoms with Gasteiger partial charge in [-0.15, -0.1) is 11.3 Å². The molecule has 0 saturated carbocycles. The molecule has 0 bridgehead atoms. The van der Waals surface area contributed by atoms with Crippen molar-refractivity contribution >= 4 is 28.3 Å². The average molecular weight is 392 g/mol. The highest BCUT2D eigenvalue weighted by Gasteiger charge is 2.19. The maximum atomic E-state index is 12.8. The number of benzene rings is 1. The molecule has 0 radical (unpaired) electrons. The number of nitrogens with two attached hydrogens (primary N) is 1. The van der Waals surface area contributed by atoms with Gasteiger partial charge in [0.05, 0.1) is 18.0 Å². The molecule has 0 spiro atoms. The van der Waals surface area contributed by atoms with Crippen LogP contribution in [-0.4, -0.2) is 29.5 Å². The predicted molar refractivity (Wildman–Crippen MR) is 112 cm³/mol. The van der Waals surface area contributed by atoms with Gasteiger partial charge in [-0.05, 0) is 30.3 Å². The first-order valence-corrected chi connectivity index (χ1v) is 9.69. The summed E-state index contributed by atoms with van der Waals surface area (Å²) in [6, 6.07) is 15.0. The molecule has 6 nitrogen and oxygen atoms in total. The lowest BCUT2D eigenvalue weighted by atomic mass is 10.1. The minimum atomic E-state index is -0.327. The van der Waals surface area contributed by atoms with Crippen molar-refractivity contribution in [2.45, 2.75) is 6.04 Å². The lowest BCUT2D eigenvalue weighted by molar-refractivity contribution is 0.0941. The summed E-state index contributed by atoms with van der Waals surface area (Å²) in [5, 5.41) is 4.05. The third-order valence-corrected chi connectivity index (χ3v) is 5.73. The molecule has 4 N–H and O–H groups in total. The number of hydrogen-bond acceptors (Lipinski definition) is 5. The number of carbonyl (C=O) groups is 1. The summed E-state index contributed by atoms with van der Waals surface area (Å²) < 4.78 is 5.40. The number of aromatic amines is 1. The number of carbonyl (C=O) groups excluding carboxylic acids is 1. The fourth-order valence-electron chi connectivity index (χ4n) is 3.23. The highest BCUT2D eigenvalue weighted by molar-refractivity contribution is 7.17.